The Kier molecular flexibility index (Phi) is 6.65. The lowest BCUT2D eigenvalue weighted by Crippen LogP contribution is -2.26. The molecule has 0 fully saturated rings. The van der Waals surface area contributed by atoms with E-state index in [-0.39, 0.29) is 17.4 Å². The van der Waals surface area contributed by atoms with E-state index in [1.54, 1.807) is 19.1 Å². The summed E-state index contributed by atoms with van der Waals surface area (Å²) < 4.78 is 5.74. The van der Waals surface area contributed by atoms with Gasteiger partial charge in [0.05, 0.1) is 11.0 Å². The SMILES string of the molecule is Cc1cccc(C(=O)NCCCO[C@H](C)c2ccccc2)c1[N+](=O)[O-]. The van der Waals surface area contributed by atoms with Crippen LogP contribution in [0.2, 0.25) is 0 Å². The first-order chi connectivity index (χ1) is 12.0. The molecule has 1 amide bonds. The van der Waals surface area contributed by atoms with Gasteiger partial charge in [0.25, 0.3) is 11.6 Å². The summed E-state index contributed by atoms with van der Waals surface area (Å²) in [6, 6.07) is 14.6. The van der Waals surface area contributed by atoms with Crippen LogP contribution in [-0.2, 0) is 4.74 Å². The van der Waals surface area contributed by atoms with Crippen LogP contribution >= 0.6 is 0 Å². The van der Waals surface area contributed by atoms with Crippen LogP contribution in [0, 0.1) is 17.0 Å². The fourth-order valence-electron chi connectivity index (χ4n) is 2.53. The minimum Gasteiger partial charge on any atom is -0.374 e. The number of benzene rings is 2. The zero-order valence-electron chi connectivity index (χ0n) is 14.4. The Morgan fingerprint density at radius 2 is 1.92 bits per heavy atom. The molecule has 0 bridgehead atoms. The van der Waals surface area contributed by atoms with Gasteiger partial charge in [-0.15, -0.1) is 0 Å². The molecule has 2 aromatic carbocycles. The molecule has 132 valence electrons. The second-order valence-corrected chi connectivity index (χ2v) is 5.76. The number of carbonyl (C=O) groups is 1. The van der Waals surface area contributed by atoms with Crippen molar-refractivity contribution in [1.29, 1.82) is 0 Å². The van der Waals surface area contributed by atoms with Gasteiger partial charge in [-0.3, -0.25) is 14.9 Å². The first kappa shape index (κ1) is 18.6. The second-order valence-electron chi connectivity index (χ2n) is 5.76. The molecule has 0 aliphatic rings. The number of nitrogens with one attached hydrogen (secondary N) is 1. The lowest BCUT2D eigenvalue weighted by atomic mass is 10.1. The topological polar surface area (TPSA) is 81.5 Å². The predicted octanol–water partition coefficient (Wildman–Crippen LogP) is 3.80. The number of hydrogen-bond acceptors (Lipinski definition) is 4. The number of nitro benzene ring substituents is 1. The third-order valence-electron chi connectivity index (χ3n) is 3.91. The highest BCUT2D eigenvalue weighted by Crippen LogP contribution is 2.22. The molecule has 2 aromatic rings. The highest BCUT2D eigenvalue weighted by atomic mass is 16.6. The Morgan fingerprint density at radius 3 is 2.60 bits per heavy atom. The lowest BCUT2D eigenvalue weighted by Gasteiger charge is -2.13. The molecule has 0 aromatic heterocycles. The summed E-state index contributed by atoms with van der Waals surface area (Å²) in [5, 5.41) is 13.9. The van der Waals surface area contributed by atoms with Crippen LogP contribution in [0.4, 0.5) is 5.69 Å². The van der Waals surface area contributed by atoms with Crippen molar-refractivity contribution in [1.82, 2.24) is 5.32 Å². The van der Waals surface area contributed by atoms with Crippen LogP contribution in [-0.4, -0.2) is 24.0 Å². The van der Waals surface area contributed by atoms with Gasteiger partial charge < -0.3 is 10.1 Å². The van der Waals surface area contributed by atoms with E-state index in [0.29, 0.717) is 25.1 Å². The number of aryl methyl sites for hydroxylation is 1. The number of hydrogen-bond donors (Lipinski definition) is 1. The lowest BCUT2D eigenvalue weighted by molar-refractivity contribution is -0.385. The number of ether oxygens (including phenoxy) is 1. The third kappa shape index (κ3) is 5.12. The zero-order chi connectivity index (χ0) is 18.2. The maximum absolute atomic E-state index is 12.2. The fourth-order valence-corrected chi connectivity index (χ4v) is 2.53. The highest BCUT2D eigenvalue weighted by molar-refractivity contribution is 5.98. The van der Waals surface area contributed by atoms with Gasteiger partial charge in [0.15, 0.2) is 0 Å². The Morgan fingerprint density at radius 1 is 1.20 bits per heavy atom. The third-order valence-corrected chi connectivity index (χ3v) is 3.91. The van der Waals surface area contributed by atoms with Crippen molar-refractivity contribution in [2.24, 2.45) is 0 Å². The molecule has 0 unspecified atom stereocenters. The molecule has 0 saturated heterocycles. The van der Waals surface area contributed by atoms with Crippen LogP contribution in [0.3, 0.4) is 0 Å². The van der Waals surface area contributed by atoms with Crippen molar-refractivity contribution < 1.29 is 14.5 Å². The molecule has 6 heteroatoms. The van der Waals surface area contributed by atoms with Gasteiger partial charge >= 0.3 is 0 Å². The van der Waals surface area contributed by atoms with Crippen molar-refractivity contribution in [3.05, 3.63) is 75.3 Å². The van der Waals surface area contributed by atoms with Gasteiger partial charge in [-0.2, -0.15) is 0 Å². The first-order valence-electron chi connectivity index (χ1n) is 8.19. The zero-order valence-corrected chi connectivity index (χ0v) is 14.4. The molecule has 0 aliphatic heterocycles. The van der Waals surface area contributed by atoms with E-state index in [2.05, 4.69) is 5.32 Å². The summed E-state index contributed by atoms with van der Waals surface area (Å²) >= 11 is 0. The molecule has 0 radical (unpaired) electrons. The average Bonchev–Trinajstić information content (AvgIpc) is 2.61. The van der Waals surface area contributed by atoms with E-state index in [1.165, 1.54) is 6.07 Å². The molecule has 2 rings (SSSR count). The summed E-state index contributed by atoms with van der Waals surface area (Å²) in [6.07, 6.45) is 0.609. The number of para-hydroxylation sites is 1. The number of amides is 1. The molecular formula is C19H22N2O4. The fraction of sp³-hybridized carbons (Fsp3) is 0.316. The van der Waals surface area contributed by atoms with Crippen molar-refractivity contribution in [2.45, 2.75) is 26.4 Å². The minimum absolute atomic E-state index is 0.0187. The molecule has 6 nitrogen and oxygen atoms in total. The number of nitro groups is 1. The normalized spacial score (nSPS) is 11.8. The van der Waals surface area contributed by atoms with Crippen molar-refractivity contribution in [2.75, 3.05) is 13.2 Å². The summed E-state index contributed by atoms with van der Waals surface area (Å²) in [5.74, 6) is -0.438. The average molecular weight is 342 g/mol. The van der Waals surface area contributed by atoms with Gasteiger partial charge in [-0.1, -0.05) is 42.5 Å². The van der Waals surface area contributed by atoms with Gasteiger partial charge in [-0.25, -0.2) is 0 Å². The molecule has 1 N–H and O–H groups in total. The number of rotatable bonds is 8. The van der Waals surface area contributed by atoms with Crippen LogP contribution in [0.5, 0.6) is 0 Å². The van der Waals surface area contributed by atoms with E-state index >= 15 is 0 Å². The summed E-state index contributed by atoms with van der Waals surface area (Å²) in [5.41, 5.74) is 1.51. The van der Waals surface area contributed by atoms with E-state index in [9.17, 15) is 14.9 Å². The molecule has 0 aliphatic carbocycles. The number of nitrogens with zero attached hydrogens (tertiary/aromatic N) is 1. The maximum Gasteiger partial charge on any atom is 0.285 e. The van der Waals surface area contributed by atoms with Gasteiger partial charge in [-0.05, 0) is 31.9 Å². The summed E-state index contributed by atoms with van der Waals surface area (Å²) in [6.45, 7) is 4.48. The Hall–Kier alpha value is -2.73. The monoisotopic (exact) mass is 342 g/mol. The molecule has 25 heavy (non-hydrogen) atoms. The van der Waals surface area contributed by atoms with Crippen LogP contribution in [0.25, 0.3) is 0 Å². The van der Waals surface area contributed by atoms with E-state index in [4.69, 9.17) is 4.74 Å². The predicted molar refractivity (Wildman–Crippen MR) is 95.6 cm³/mol. The molecule has 1 atom stereocenters. The minimum atomic E-state index is -0.519. The maximum atomic E-state index is 12.2. The Labute approximate surface area is 147 Å². The van der Waals surface area contributed by atoms with Crippen LogP contribution in [0.1, 0.15) is 40.9 Å². The largest absolute Gasteiger partial charge is 0.374 e. The van der Waals surface area contributed by atoms with E-state index in [0.717, 1.165) is 5.56 Å². The quantitative estimate of drug-likeness (QED) is 0.449. The smallest absolute Gasteiger partial charge is 0.285 e. The van der Waals surface area contributed by atoms with Gasteiger partial charge in [0.2, 0.25) is 0 Å². The van der Waals surface area contributed by atoms with E-state index < -0.39 is 10.8 Å². The molecule has 0 saturated carbocycles. The van der Waals surface area contributed by atoms with Crippen molar-refractivity contribution in [3.8, 4) is 0 Å². The summed E-state index contributed by atoms with van der Waals surface area (Å²) in [4.78, 5) is 22.8. The highest BCUT2D eigenvalue weighted by Gasteiger charge is 2.21. The first-order valence-corrected chi connectivity index (χ1v) is 8.19. The van der Waals surface area contributed by atoms with Crippen molar-refractivity contribution in [3.63, 3.8) is 0 Å². The van der Waals surface area contributed by atoms with Gasteiger partial charge in [0.1, 0.15) is 5.56 Å². The second kappa shape index (κ2) is 8.94. The van der Waals surface area contributed by atoms with Crippen LogP contribution in [0.15, 0.2) is 48.5 Å². The standard InChI is InChI=1S/C19H22N2O4/c1-14-8-6-11-17(18(14)21(23)24)19(22)20-12-7-13-25-15(2)16-9-4-3-5-10-16/h3-6,8-11,15H,7,12-13H2,1-2H3,(H,20,22)/t15-/m1/s1. The van der Waals surface area contributed by atoms with Crippen molar-refractivity contribution >= 4 is 11.6 Å². The molecular weight excluding hydrogens is 320 g/mol. The van der Waals surface area contributed by atoms with Gasteiger partial charge in [0, 0.05) is 18.7 Å². The molecule has 0 spiro atoms. The Balaban J connectivity index is 1.80. The summed E-state index contributed by atoms with van der Waals surface area (Å²) in [7, 11) is 0. The molecule has 0 heterocycles. The van der Waals surface area contributed by atoms with Crippen LogP contribution < -0.4 is 5.32 Å². The van der Waals surface area contributed by atoms with E-state index in [1.807, 2.05) is 37.3 Å². The number of carbonyl (C=O) groups excluding carboxylic acids is 1. The Bertz CT molecular complexity index is 731.